The van der Waals surface area contributed by atoms with E-state index >= 15 is 0 Å². The van der Waals surface area contributed by atoms with Crippen LogP contribution in [0.4, 0.5) is 20.5 Å². The third kappa shape index (κ3) is 2.15. The highest BCUT2D eigenvalue weighted by Crippen LogP contribution is 2.56. The van der Waals surface area contributed by atoms with Crippen LogP contribution in [0.15, 0.2) is 0 Å². The lowest BCUT2D eigenvalue weighted by molar-refractivity contribution is -0.137. The second-order valence-corrected chi connectivity index (χ2v) is 7.88. The Kier molecular flexibility index (Phi) is 2.93. The van der Waals surface area contributed by atoms with Crippen LogP contribution in [0.2, 0.25) is 0 Å². The van der Waals surface area contributed by atoms with Gasteiger partial charge in [0.2, 0.25) is 5.95 Å². The largest absolute Gasteiger partial charge is 0.481 e. The third-order valence-electron chi connectivity index (χ3n) is 6.38. The van der Waals surface area contributed by atoms with E-state index in [1.54, 1.807) is 0 Å². The van der Waals surface area contributed by atoms with Crippen LogP contribution in [0.25, 0.3) is 0 Å². The highest BCUT2D eigenvalue weighted by Gasteiger charge is 2.58. The lowest BCUT2D eigenvalue weighted by Crippen LogP contribution is -2.48. The Balaban J connectivity index is 1.42. The number of carbonyl (C=O) groups is 1. The zero-order valence-corrected chi connectivity index (χ0v) is 14.0. The van der Waals surface area contributed by atoms with Crippen LogP contribution in [0.3, 0.4) is 0 Å². The van der Waals surface area contributed by atoms with E-state index in [1.165, 1.54) is 0 Å². The van der Waals surface area contributed by atoms with Gasteiger partial charge in [-0.2, -0.15) is 13.8 Å². The van der Waals surface area contributed by atoms with Crippen molar-refractivity contribution in [2.75, 3.05) is 29.4 Å². The molecule has 2 saturated heterocycles. The molecule has 2 aliphatic heterocycles. The Morgan fingerprint density at radius 2 is 2.04 bits per heavy atom. The summed E-state index contributed by atoms with van der Waals surface area (Å²) in [6.45, 7) is 4.28. The number of hydrogen-bond donors (Lipinski definition) is 1. The molecule has 3 fully saturated rings. The van der Waals surface area contributed by atoms with Gasteiger partial charge in [0.05, 0.1) is 0 Å². The Labute approximate surface area is 143 Å². The molecule has 25 heavy (non-hydrogen) atoms. The van der Waals surface area contributed by atoms with Crippen LogP contribution in [0.1, 0.15) is 31.0 Å². The van der Waals surface area contributed by atoms with Crippen molar-refractivity contribution in [1.82, 2.24) is 9.97 Å². The van der Waals surface area contributed by atoms with Crippen LogP contribution < -0.4 is 9.80 Å². The molecule has 6 nitrogen and oxygen atoms in total. The van der Waals surface area contributed by atoms with Crippen molar-refractivity contribution < 1.29 is 18.7 Å². The standard InChI is InChI=1S/C17H20F2N4O2/c1-8-2-3-23(8)16-20-14-10(5-17(14,18)19)15(21-16)22-6-11-9(4-13(24)25)12(11)7-22/h8-9,11-12H,2-7H2,1H3,(H,24,25)/t8-,9?,11-,12+/m1/s1. The predicted molar refractivity (Wildman–Crippen MR) is 86.0 cm³/mol. The average molecular weight is 350 g/mol. The zero-order chi connectivity index (χ0) is 17.5. The summed E-state index contributed by atoms with van der Waals surface area (Å²) in [6.07, 6.45) is 0.939. The minimum atomic E-state index is -2.86. The number of rotatable bonds is 4. The number of carboxylic acid groups (broad SMARTS) is 1. The summed E-state index contributed by atoms with van der Waals surface area (Å²) < 4.78 is 27.9. The van der Waals surface area contributed by atoms with E-state index in [1.807, 2.05) is 11.8 Å². The average Bonchev–Trinajstić information content (AvgIpc) is 2.95. The van der Waals surface area contributed by atoms with E-state index in [0.717, 1.165) is 13.0 Å². The highest BCUT2D eigenvalue weighted by molar-refractivity contribution is 5.68. The second kappa shape index (κ2) is 4.80. The van der Waals surface area contributed by atoms with E-state index < -0.39 is 11.9 Å². The summed E-state index contributed by atoms with van der Waals surface area (Å²) in [5.41, 5.74) is 0.451. The van der Waals surface area contributed by atoms with Gasteiger partial charge in [0.1, 0.15) is 11.5 Å². The first-order chi connectivity index (χ1) is 11.8. The Hall–Kier alpha value is -1.99. The summed E-state index contributed by atoms with van der Waals surface area (Å²) in [5, 5.41) is 8.94. The molecule has 1 saturated carbocycles. The molecule has 134 valence electrons. The van der Waals surface area contributed by atoms with Gasteiger partial charge in [-0.05, 0) is 31.1 Å². The van der Waals surface area contributed by atoms with Crippen LogP contribution in [-0.4, -0.2) is 46.7 Å². The number of fused-ring (bicyclic) bond motifs is 2. The number of aromatic nitrogens is 2. The molecule has 8 heteroatoms. The van der Waals surface area contributed by atoms with Crippen molar-refractivity contribution >= 4 is 17.7 Å². The maximum Gasteiger partial charge on any atom is 0.303 e. The van der Waals surface area contributed by atoms with E-state index in [0.29, 0.717) is 42.3 Å². The van der Waals surface area contributed by atoms with E-state index in [2.05, 4.69) is 14.9 Å². The first kappa shape index (κ1) is 15.3. The molecule has 1 N–H and O–H groups in total. The van der Waals surface area contributed by atoms with Gasteiger partial charge in [-0.25, -0.2) is 4.98 Å². The lowest BCUT2D eigenvalue weighted by atomic mass is 9.89. The quantitative estimate of drug-likeness (QED) is 0.894. The lowest BCUT2D eigenvalue weighted by Gasteiger charge is -2.41. The predicted octanol–water partition coefficient (Wildman–Crippen LogP) is 1.88. The van der Waals surface area contributed by atoms with Crippen molar-refractivity contribution in [3.05, 3.63) is 11.3 Å². The van der Waals surface area contributed by atoms with Crippen molar-refractivity contribution in [1.29, 1.82) is 0 Å². The Morgan fingerprint density at radius 1 is 1.32 bits per heavy atom. The SMILES string of the molecule is C[C@@H]1CCN1c1nc(N2C[C@@H]3C(CC(=O)O)[C@@H]3C2)c2c(n1)C(F)(F)C2. The fourth-order valence-corrected chi connectivity index (χ4v) is 4.66. The smallest absolute Gasteiger partial charge is 0.303 e. The van der Waals surface area contributed by atoms with Gasteiger partial charge >= 0.3 is 5.97 Å². The third-order valence-corrected chi connectivity index (χ3v) is 6.38. The molecule has 0 aromatic carbocycles. The molecule has 0 radical (unpaired) electrons. The van der Waals surface area contributed by atoms with Gasteiger partial charge in [-0.3, -0.25) is 4.79 Å². The van der Waals surface area contributed by atoms with E-state index in [4.69, 9.17) is 5.11 Å². The van der Waals surface area contributed by atoms with Crippen LogP contribution >= 0.6 is 0 Å². The van der Waals surface area contributed by atoms with Gasteiger partial charge < -0.3 is 14.9 Å². The Bertz CT molecular complexity index is 759. The zero-order valence-electron chi connectivity index (χ0n) is 14.0. The molecule has 4 aliphatic rings. The molecular formula is C17H20F2N4O2. The molecule has 4 atom stereocenters. The number of halogens is 2. The number of nitrogens with zero attached hydrogens (tertiary/aromatic N) is 4. The van der Waals surface area contributed by atoms with E-state index in [-0.39, 0.29) is 30.5 Å². The maximum absolute atomic E-state index is 14.0. The summed E-state index contributed by atoms with van der Waals surface area (Å²) in [7, 11) is 0. The summed E-state index contributed by atoms with van der Waals surface area (Å²) >= 11 is 0. The molecule has 0 amide bonds. The first-order valence-corrected chi connectivity index (χ1v) is 8.88. The second-order valence-electron chi connectivity index (χ2n) is 7.88. The number of aliphatic carboxylic acids is 1. The van der Waals surface area contributed by atoms with Gasteiger partial charge in [-0.1, -0.05) is 0 Å². The monoisotopic (exact) mass is 350 g/mol. The van der Waals surface area contributed by atoms with Crippen molar-refractivity contribution in [3.8, 4) is 0 Å². The van der Waals surface area contributed by atoms with Crippen molar-refractivity contribution in [2.24, 2.45) is 17.8 Å². The minimum Gasteiger partial charge on any atom is -0.481 e. The topological polar surface area (TPSA) is 69.6 Å². The molecule has 1 aromatic rings. The van der Waals surface area contributed by atoms with Crippen molar-refractivity contribution in [2.45, 2.75) is 38.2 Å². The van der Waals surface area contributed by atoms with Crippen LogP contribution in [-0.2, 0) is 17.1 Å². The molecule has 0 bridgehead atoms. The molecule has 3 heterocycles. The molecule has 1 unspecified atom stereocenters. The van der Waals surface area contributed by atoms with Gasteiger partial charge in [0.25, 0.3) is 5.92 Å². The van der Waals surface area contributed by atoms with Gasteiger partial charge in [0, 0.05) is 44.1 Å². The Morgan fingerprint density at radius 3 is 2.56 bits per heavy atom. The summed E-state index contributed by atoms with van der Waals surface area (Å²) in [6, 6.07) is 0.284. The van der Waals surface area contributed by atoms with Crippen LogP contribution in [0, 0.1) is 17.8 Å². The molecule has 5 rings (SSSR count). The number of piperidine rings is 1. The fourth-order valence-electron chi connectivity index (χ4n) is 4.66. The number of alkyl halides is 2. The van der Waals surface area contributed by atoms with Crippen molar-refractivity contribution in [3.63, 3.8) is 0 Å². The van der Waals surface area contributed by atoms with E-state index in [9.17, 15) is 13.6 Å². The molecule has 2 aliphatic carbocycles. The highest BCUT2D eigenvalue weighted by atomic mass is 19.3. The summed E-state index contributed by atoms with van der Waals surface area (Å²) in [4.78, 5) is 23.7. The molecular weight excluding hydrogens is 330 g/mol. The number of carboxylic acids is 1. The summed E-state index contributed by atoms with van der Waals surface area (Å²) in [5.74, 6) is -1.61. The fraction of sp³-hybridized carbons (Fsp3) is 0.706. The number of hydrogen-bond acceptors (Lipinski definition) is 5. The normalized spacial score (nSPS) is 34.0. The molecule has 1 aromatic heterocycles. The molecule has 0 spiro atoms. The first-order valence-electron chi connectivity index (χ1n) is 8.88. The van der Waals surface area contributed by atoms with Crippen LogP contribution in [0.5, 0.6) is 0 Å². The maximum atomic E-state index is 14.0. The minimum absolute atomic E-state index is 0.116. The van der Waals surface area contributed by atoms with Gasteiger partial charge in [0.15, 0.2) is 0 Å². The number of anilines is 2. The van der Waals surface area contributed by atoms with Gasteiger partial charge in [-0.15, -0.1) is 0 Å².